The van der Waals surface area contributed by atoms with Crippen LogP contribution in [0.15, 0.2) is 30.5 Å². The highest BCUT2D eigenvalue weighted by molar-refractivity contribution is 5.45. The molecule has 0 radical (unpaired) electrons. The van der Waals surface area contributed by atoms with E-state index in [1.165, 1.54) is 11.1 Å². The number of fused-ring (bicyclic) bond motifs is 1. The van der Waals surface area contributed by atoms with Gasteiger partial charge in [0.1, 0.15) is 0 Å². The van der Waals surface area contributed by atoms with Crippen LogP contribution in [0.5, 0.6) is 0 Å². The second-order valence-electron chi connectivity index (χ2n) is 6.35. The number of nitrogens with zero attached hydrogens (tertiary/aromatic N) is 6. The predicted molar refractivity (Wildman–Crippen MR) is 90.7 cm³/mol. The first-order valence-electron chi connectivity index (χ1n) is 8.24. The maximum absolute atomic E-state index is 4.78. The van der Waals surface area contributed by atoms with Crippen molar-refractivity contribution in [1.29, 1.82) is 0 Å². The van der Waals surface area contributed by atoms with E-state index in [0.717, 1.165) is 57.5 Å². The standard InChI is InChI=1S/C17H22N6/c1-21-8-10-22(11-9-21)17-19-16(12-18-20-17)23-7-6-14-4-2-3-5-15(14)13-23/h2-5,12H,6-11,13H2,1H3. The molecule has 0 bridgehead atoms. The van der Waals surface area contributed by atoms with Crippen molar-refractivity contribution in [3.63, 3.8) is 0 Å². The van der Waals surface area contributed by atoms with Gasteiger partial charge in [0.05, 0.1) is 6.20 Å². The van der Waals surface area contributed by atoms with Crippen LogP contribution in [0, 0.1) is 0 Å². The Kier molecular flexibility index (Phi) is 3.83. The summed E-state index contributed by atoms with van der Waals surface area (Å²) in [5.74, 6) is 1.69. The van der Waals surface area contributed by atoms with Crippen molar-refractivity contribution in [2.45, 2.75) is 13.0 Å². The molecule has 6 heteroatoms. The third kappa shape index (κ3) is 2.99. The van der Waals surface area contributed by atoms with E-state index in [9.17, 15) is 0 Å². The lowest BCUT2D eigenvalue weighted by Crippen LogP contribution is -2.45. The molecule has 4 rings (SSSR count). The van der Waals surface area contributed by atoms with Crippen LogP contribution in [0.3, 0.4) is 0 Å². The monoisotopic (exact) mass is 310 g/mol. The fourth-order valence-corrected chi connectivity index (χ4v) is 3.27. The quantitative estimate of drug-likeness (QED) is 0.830. The zero-order valence-corrected chi connectivity index (χ0v) is 13.5. The van der Waals surface area contributed by atoms with E-state index >= 15 is 0 Å². The molecule has 120 valence electrons. The number of benzene rings is 1. The van der Waals surface area contributed by atoms with E-state index in [-0.39, 0.29) is 0 Å². The van der Waals surface area contributed by atoms with E-state index in [0.29, 0.717) is 0 Å². The number of piperazine rings is 1. The lowest BCUT2D eigenvalue weighted by atomic mass is 10.0. The fourth-order valence-electron chi connectivity index (χ4n) is 3.27. The summed E-state index contributed by atoms with van der Waals surface area (Å²) in [7, 11) is 2.15. The number of likely N-dealkylation sites (N-methyl/N-ethyl adjacent to an activating group) is 1. The third-order valence-corrected chi connectivity index (χ3v) is 4.78. The minimum Gasteiger partial charge on any atom is -0.350 e. The Morgan fingerprint density at radius 1 is 0.913 bits per heavy atom. The van der Waals surface area contributed by atoms with Crippen molar-refractivity contribution in [3.8, 4) is 0 Å². The van der Waals surface area contributed by atoms with Gasteiger partial charge in [0.2, 0.25) is 5.95 Å². The molecule has 2 aliphatic rings. The second-order valence-corrected chi connectivity index (χ2v) is 6.35. The average Bonchev–Trinajstić information content (AvgIpc) is 2.62. The molecule has 0 N–H and O–H groups in total. The number of hydrogen-bond donors (Lipinski definition) is 0. The highest BCUT2D eigenvalue weighted by Gasteiger charge is 2.21. The fraction of sp³-hybridized carbons (Fsp3) is 0.471. The van der Waals surface area contributed by atoms with E-state index in [1.807, 2.05) is 0 Å². The molecule has 3 heterocycles. The van der Waals surface area contributed by atoms with Crippen molar-refractivity contribution in [1.82, 2.24) is 20.1 Å². The van der Waals surface area contributed by atoms with Gasteiger partial charge in [-0.15, -0.1) is 5.10 Å². The minimum atomic E-state index is 0.759. The van der Waals surface area contributed by atoms with Crippen molar-refractivity contribution >= 4 is 11.8 Å². The highest BCUT2D eigenvalue weighted by atomic mass is 15.4. The summed E-state index contributed by atoms with van der Waals surface area (Å²) >= 11 is 0. The van der Waals surface area contributed by atoms with Crippen LogP contribution in [0.25, 0.3) is 0 Å². The Morgan fingerprint density at radius 2 is 1.70 bits per heavy atom. The molecule has 1 saturated heterocycles. The van der Waals surface area contributed by atoms with Gasteiger partial charge < -0.3 is 14.7 Å². The summed E-state index contributed by atoms with van der Waals surface area (Å²) in [5, 5.41) is 8.45. The molecule has 0 amide bonds. The minimum absolute atomic E-state index is 0.759. The van der Waals surface area contributed by atoms with Crippen LogP contribution in [0.2, 0.25) is 0 Å². The summed E-state index contributed by atoms with van der Waals surface area (Å²) in [6, 6.07) is 8.65. The molecule has 1 fully saturated rings. The van der Waals surface area contributed by atoms with Crippen molar-refractivity contribution < 1.29 is 0 Å². The van der Waals surface area contributed by atoms with Gasteiger partial charge in [-0.2, -0.15) is 10.1 Å². The zero-order chi connectivity index (χ0) is 15.6. The molecule has 6 nitrogen and oxygen atoms in total. The van der Waals surface area contributed by atoms with Crippen LogP contribution >= 0.6 is 0 Å². The molecule has 0 spiro atoms. The Morgan fingerprint density at radius 3 is 2.52 bits per heavy atom. The number of anilines is 2. The maximum Gasteiger partial charge on any atom is 0.247 e. The average molecular weight is 310 g/mol. The first kappa shape index (κ1) is 14.4. The Bertz CT molecular complexity index is 680. The van der Waals surface area contributed by atoms with Crippen LogP contribution in [-0.4, -0.2) is 59.9 Å². The van der Waals surface area contributed by atoms with Crippen molar-refractivity contribution in [2.75, 3.05) is 49.6 Å². The number of rotatable bonds is 2. The Labute approximate surface area is 136 Å². The number of hydrogen-bond acceptors (Lipinski definition) is 6. The maximum atomic E-state index is 4.78. The smallest absolute Gasteiger partial charge is 0.247 e. The molecular weight excluding hydrogens is 288 g/mol. The van der Waals surface area contributed by atoms with Gasteiger partial charge in [-0.3, -0.25) is 0 Å². The van der Waals surface area contributed by atoms with Gasteiger partial charge >= 0.3 is 0 Å². The molecule has 23 heavy (non-hydrogen) atoms. The second kappa shape index (κ2) is 6.12. The molecule has 1 aromatic heterocycles. The summed E-state index contributed by atoms with van der Waals surface area (Å²) in [6.45, 7) is 5.90. The predicted octanol–water partition coefficient (Wildman–Crippen LogP) is 1.19. The first-order chi connectivity index (χ1) is 11.3. The van der Waals surface area contributed by atoms with Crippen LogP contribution in [0.4, 0.5) is 11.8 Å². The van der Waals surface area contributed by atoms with E-state index in [4.69, 9.17) is 4.98 Å². The van der Waals surface area contributed by atoms with Gasteiger partial charge in [-0.25, -0.2) is 0 Å². The highest BCUT2D eigenvalue weighted by Crippen LogP contribution is 2.23. The van der Waals surface area contributed by atoms with E-state index in [2.05, 4.69) is 56.2 Å². The molecule has 0 saturated carbocycles. The molecule has 2 aliphatic heterocycles. The van der Waals surface area contributed by atoms with Gasteiger partial charge in [0.15, 0.2) is 5.82 Å². The third-order valence-electron chi connectivity index (χ3n) is 4.78. The normalized spacial score (nSPS) is 18.8. The van der Waals surface area contributed by atoms with Crippen molar-refractivity contribution in [3.05, 3.63) is 41.6 Å². The summed E-state index contributed by atoms with van der Waals surface area (Å²) in [4.78, 5) is 11.6. The van der Waals surface area contributed by atoms with Gasteiger partial charge in [-0.05, 0) is 24.6 Å². The Balaban J connectivity index is 1.53. The summed E-state index contributed by atoms with van der Waals surface area (Å²) < 4.78 is 0. The van der Waals surface area contributed by atoms with Crippen LogP contribution in [0.1, 0.15) is 11.1 Å². The topological polar surface area (TPSA) is 48.4 Å². The van der Waals surface area contributed by atoms with E-state index in [1.54, 1.807) is 6.20 Å². The lowest BCUT2D eigenvalue weighted by Gasteiger charge is -2.33. The summed E-state index contributed by atoms with van der Waals surface area (Å²) in [6.07, 6.45) is 2.84. The molecule has 0 aliphatic carbocycles. The largest absolute Gasteiger partial charge is 0.350 e. The molecule has 1 aromatic carbocycles. The Hall–Kier alpha value is -2.21. The molecule has 0 unspecified atom stereocenters. The van der Waals surface area contributed by atoms with E-state index < -0.39 is 0 Å². The number of aromatic nitrogens is 3. The van der Waals surface area contributed by atoms with Crippen LogP contribution in [-0.2, 0) is 13.0 Å². The molecule has 2 aromatic rings. The van der Waals surface area contributed by atoms with Gasteiger partial charge in [0.25, 0.3) is 0 Å². The summed E-state index contributed by atoms with van der Waals surface area (Å²) in [5.41, 5.74) is 2.84. The van der Waals surface area contributed by atoms with Crippen molar-refractivity contribution in [2.24, 2.45) is 0 Å². The first-order valence-corrected chi connectivity index (χ1v) is 8.24. The van der Waals surface area contributed by atoms with Gasteiger partial charge in [0, 0.05) is 39.3 Å². The molecular formula is C17H22N6. The lowest BCUT2D eigenvalue weighted by molar-refractivity contribution is 0.311. The van der Waals surface area contributed by atoms with Gasteiger partial charge in [-0.1, -0.05) is 24.3 Å². The SMILES string of the molecule is CN1CCN(c2nncc(N3CCc4ccccc4C3)n2)CC1. The van der Waals surface area contributed by atoms with Crippen LogP contribution < -0.4 is 9.80 Å². The molecule has 0 atom stereocenters. The zero-order valence-electron chi connectivity index (χ0n) is 13.5.